The van der Waals surface area contributed by atoms with E-state index in [1.165, 1.54) is 21.7 Å². The third-order valence-corrected chi connectivity index (χ3v) is 3.46. The van der Waals surface area contributed by atoms with Crippen molar-refractivity contribution in [2.75, 3.05) is 24.6 Å². The summed E-state index contributed by atoms with van der Waals surface area (Å²) in [5.74, 6) is 2.25. The Balaban J connectivity index is 2.12. The van der Waals surface area contributed by atoms with Gasteiger partial charge in [0.15, 0.2) is 6.67 Å². The minimum absolute atomic E-state index is 0.139. The summed E-state index contributed by atoms with van der Waals surface area (Å²) in [6, 6.07) is 2.58. The molecule has 15 heavy (non-hydrogen) atoms. The van der Waals surface area contributed by atoms with Crippen molar-refractivity contribution in [1.29, 1.82) is 0 Å². The van der Waals surface area contributed by atoms with Crippen LogP contribution in [-0.2, 0) is 6.67 Å². The van der Waals surface area contributed by atoms with Crippen molar-refractivity contribution in [3.05, 3.63) is 32.8 Å². The first-order chi connectivity index (χ1) is 7.25. The maximum atomic E-state index is 11.4. The first-order valence-electron chi connectivity index (χ1n) is 4.97. The summed E-state index contributed by atoms with van der Waals surface area (Å²) in [4.78, 5) is 23.8. The number of nitrogens with one attached hydrogen (secondary N) is 2. The number of hydrogen-bond donors (Lipinski definition) is 2. The Kier molecular flexibility index (Phi) is 3.27. The highest BCUT2D eigenvalue weighted by Gasteiger charge is 2.14. The Hall–Kier alpha value is -1.01. The predicted molar refractivity (Wildman–Crippen MR) is 59.3 cm³/mol. The highest BCUT2D eigenvalue weighted by Crippen LogP contribution is 1.97. The summed E-state index contributed by atoms with van der Waals surface area (Å²) in [6.07, 6.45) is 0. The van der Waals surface area contributed by atoms with Crippen molar-refractivity contribution in [3.63, 3.8) is 0 Å². The normalized spacial score (nSPS) is 17.9. The minimum atomic E-state index is -0.222. The minimum Gasteiger partial charge on any atom is -0.315 e. The van der Waals surface area contributed by atoms with Gasteiger partial charge in [0, 0.05) is 23.6 Å². The molecule has 0 aliphatic carbocycles. The van der Waals surface area contributed by atoms with Crippen LogP contribution in [-0.4, -0.2) is 34.4 Å². The fraction of sp³-hybridized carbons (Fsp3) is 0.556. The lowest BCUT2D eigenvalue weighted by Crippen LogP contribution is -3.13. The lowest BCUT2D eigenvalue weighted by atomic mass is 10.5. The number of H-pyrrole nitrogens is 1. The third-order valence-electron chi connectivity index (χ3n) is 2.47. The van der Waals surface area contributed by atoms with Crippen LogP contribution in [0.25, 0.3) is 0 Å². The SMILES string of the molecule is O=c1ccc(=O)n(C[NH+]2CCSCC2)[nH]1. The molecule has 1 aromatic heterocycles. The Morgan fingerprint density at radius 2 is 2.07 bits per heavy atom. The number of aromatic amines is 1. The molecule has 0 amide bonds. The fourth-order valence-corrected chi connectivity index (χ4v) is 2.69. The van der Waals surface area contributed by atoms with Gasteiger partial charge in [-0.15, -0.1) is 0 Å². The van der Waals surface area contributed by atoms with Crippen LogP contribution in [0, 0.1) is 0 Å². The van der Waals surface area contributed by atoms with Gasteiger partial charge >= 0.3 is 0 Å². The van der Waals surface area contributed by atoms with E-state index >= 15 is 0 Å². The third kappa shape index (κ3) is 2.73. The van der Waals surface area contributed by atoms with Crippen molar-refractivity contribution >= 4 is 11.8 Å². The van der Waals surface area contributed by atoms with Crippen LogP contribution in [0.3, 0.4) is 0 Å². The summed E-state index contributed by atoms with van der Waals surface area (Å²) in [5, 5.41) is 2.54. The first-order valence-corrected chi connectivity index (χ1v) is 6.13. The van der Waals surface area contributed by atoms with Crippen molar-refractivity contribution in [3.8, 4) is 0 Å². The molecule has 1 aliphatic rings. The van der Waals surface area contributed by atoms with E-state index in [9.17, 15) is 9.59 Å². The highest BCUT2D eigenvalue weighted by atomic mass is 32.2. The molecule has 1 saturated heterocycles. The number of nitrogens with zero attached hydrogens (tertiary/aromatic N) is 1. The van der Waals surface area contributed by atoms with Gasteiger partial charge in [-0.2, -0.15) is 16.4 Å². The van der Waals surface area contributed by atoms with Crippen LogP contribution >= 0.6 is 11.8 Å². The number of aromatic nitrogens is 2. The molecule has 0 unspecified atom stereocenters. The second-order valence-electron chi connectivity index (χ2n) is 3.60. The van der Waals surface area contributed by atoms with Gasteiger partial charge in [0.25, 0.3) is 11.1 Å². The molecule has 0 saturated carbocycles. The molecule has 1 aliphatic heterocycles. The van der Waals surface area contributed by atoms with Crippen LogP contribution in [0.4, 0.5) is 0 Å². The van der Waals surface area contributed by atoms with Gasteiger partial charge in [-0.1, -0.05) is 0 Å². The average Bonchev–Trinajstić information content (AvgIpc) is 2.25. The molecule has 1 fully saturated rings. The molecule has 2 rings (SSSR count). The molecule has 5 nitrogen and oxygen atoms in total. The van der Waals surface area contributed by atoms with E-state index in [0.717, 1.165) is 24.6 Å². The smallest absolute Gasteiger partial charge is 0.269 e. The van der Waals surface area contributed by atoms with E-state index in [2.05, 4.69) is 5.10 Å². The number of thioether (sulfide) groups is 1. The second-order valence-corrected chi connectivity index (χ2v) is 4.82. The van der Waals surface area contributed by atoms with Gasteiger partial charge < -0.3 is 4.90 Å². The zero-order valence-corrected chi connectivity index (χ0v) is 9.18. The van der Waals surface area contributed by atoms with Crippen molar-refractivity contribution < 1.29 is 4.90 Å². The van der Waals surface area contributed by atoms with E-state index in [-0.39, 0.29) is 11.1 Å². The lowest BCUT2D eigenvalue weighted by molar-refractivity contribution is -0.920. The zero-order chi connectivity index (χ0) is 10.7. The number of rotatable bonds is 2. The van der Waals surface area contributed by atoms with Gasteiger partial charge in [0.1, 0.15) is 0 Å². The molecule has 0 radical (unpaired) electrons. The first kappa shape index (κ1) is 10.5. The maximum absolute atomic E-state index is 11.4. The average molecular weight is 228 g/mol. The summed E-state index contributed by atoms with van der Waals surface area (Å²) in [5.41, 5.74) is -0.360. The van der Waals surface area contributed by atoms with Crippen molar-refractivity contribution in [1.82, 2.24) is 9.78 Å². The summed E-state index contributed by atoms with van der Waals surface area (Å²) in [6.45, 7) is 2.66. The molecule has 0 atom stereocenters. The molecule has 0 spiro atoms. The Morgan fingerprint density at radius 3 is 2.80 bits per heavy atom. The molecular weight excluding hydrogens is 214 g/mol. The quantitative estimate of drug-likeness (QED) is 0.623. The van der Waals surface area contributed by atoms with Crippen LogP contribution in [0.1, 0.15) is 0 Å². The summed E-state index contributed by atoms with van der Waals surface area (Å²) >= 11 is 1.94. The molecule has 1 aromatic rings. The molecule has 82 valence electrons. The van der Waals surface area contributed by atoms with Gasteiger partial charge in [-0.25, -0.2) is 0 Å². The summed E-state index contributed by atoms with van der Waals surface area (Å²) < 4.78 is 1.40. The predicted octanol–water partition coefficient (Wildman–Crippen LogP) is -1.87. The molecule has 6 heteroatoms. The van der Waals surface area contributed by atoms with E-state index in [1.807, 2.05) is 11.8 Å². The fourth-order valence-electron chi connectivity index (χ4n) is 1.62. The molecule has 2 N–H and O–H groups in total. The second kappa shape index (κ2) is 4.67. The van der Waals surface area contributed by atoms with Crippen LogP contribution in [0.5, 0.6) is 0 Å². The topological polar surface area (TPSA) is 59.3 Å². The van der Waals surface area contributed by atoms with E-state index in [4.69, 9.17) is 0 Å². The monoisotopic (exact) mass is 228 g/mol. The van der Waals surface area contributed by atoms with E-state index < -0.39 is 0 Å². The van der Waals surface area contributed by atoms with E-state index in [0.29, 0.717) is 6.67 Å². The Morgan fingerprint density at radius 1 is 1.33 bits per heavy atom. The number of quaternary nitrogens is 1. The zero-order valence-electron chi connectivity index (χ0n) is 8.36. The van der Waals surface area contributed by atoms with Gasteiger partial charge in [-0.3, -0.25) is 14.7 Å². The van der Waals surface area contributed by atoms with Gasteiger partial charge in [0.05, 0.1) is 13.1 Å². The van der Waals surface area contributed by atoms with Crippen molar-refractivity contribution in [2.24, 2.45) is 0 Å². The highest BCUT2D eigenvalue weighted by molar-refractivity contribution is 7.99. The van der Waals surface area contributed by atoms with Crippen LogP contribution in [0.2, 0.25) is 0 Å². The van der Waals surface area contributed by atoms with Gasteiger partial charge in [0.2, 0.25) is 0 Å². The standard InChI is InChI=1S/C9H13N3O2S/c13-8-1-2-9(14)12(10-8)7-11-3-5-15-6-4-11/h1-2H,3-7H2,(H,10,13)/p+1. The number of hydrogen-bond acceptors (Lipinski definition) is 3. The molecule has 2 heterocycles. The van der Waals surface area contributed by atoms with E-state index in [1.54, 1.807) is 0 Å². The Bertz CT molecular complexity index is 433. The Labute approximate surface area is 91.1 Å². The summed E-state index contributed by atoms with van der Waals surface area (Å²) in [7, 11) is 0. The van der Waals surface area contributed by atoms with Gasteiger partial charge in [-0.05, 0) is 0 Å². The lowest BCUT2D eigenvalue weighted by Gasteiger charge is -2.23. The van der Waals surface area contributed by atoms with Crippen LogP contribution < -0.4 is 16.0 Å². The maximum Gasteiger partial charge on any atom is 0.269 e. The molecule has 0 bridgehead atoms. The molecule has 0 aromatic carbocycles. The van der Waals surface area contributed by atoms with Crippen LogP contribution in [0.15, 0.2) is 21.7 Å². The van der Waals surface area contributed by atoms with Crippen molar-refractivity contribution in [2.45, 2.75) is 6.67 Å². The largest absolute Gasteiger partial charge is 0.315 e. The molecular formula is C9H14N3O2S+.